The molecule has 0 saturated carbocycles. The van der Waals surface area contributed by atoms with Gasteiger partial charge >= 0.3 is 0 Å². The molecule has 1 aromatic carbocycles. The van der Waals surface area contributed by atoms with Gasteiger partial charge in [-0.05, 0) is 61.5 Å². The molecule has 4 rings (SSSR count). The maximum atomic E-state index is 2.58. The first kappa shape index (κ1) is 10.6. The summed E-state index contributed by atoms with van der Waals surface area (Å²) in [6.07, 6.45) is 10.9. The first-order valence-electron chi connectivity index (χ1n) is 7.40. The van der Waals surface area contributed by atoms with Crippen LogP contribution >= 0.6 is 0 Å². The first-order valence-corrected chi connectivity index (χ1v) is 7.40. The second-order valence-corrected chi connectivity index (χ2v) is 6.06. The lowest BCUT2D eigenvalue weighted by molar-refractivity contribution is 0.539. The Morgan fingerprint density at radius 1 is 0.889 bits per heavy atom. The number of rotatable bonds is 1. The monoisotopic (exact) mass is 236 g/mol. The maximum Gasteiger partial charge on any atom is -0.000865 e. The smallest absolute Gasteiger partial charge is 0.000865 e. The minimum absolute atomic E-state index is 0.786. The van der Waals surface area contributed by atoms with E-state index in [1.807, 2.05) is 11.1 Å². The van der Waals surface area contributed by atoms with E-state index in [1.165, 1.54) is 44.1 Å². The lowest BCUT2D eigenvalue weighted by Gasteiger charge is -2.22. The molecular weight excluding hydrogens is 216 g/mol. The fourth-order valence-corrected chi connectivity index (χ4v) is 4.25. The molecule has 0 saturated heterocycles. The van der Waals surface area contributed by atoms with Gasteiger partial charge in [-0.2, -0.15) is 0 Å². The van der Waals surface area contributed by atoms with Crippen molar-refractivity contribution in [2.45, 2.75) is 38.5 Å². The summed E-state index contributed by atoms with van der Waals surface area (Å²) in [6.45, 7) is 0. The van der Waals surface area contributed by atoms with Gasteiger partial charge in [-0.25, -0.2) is 0 Å². The van der Waals surface area contributed by atoms with E-state index in [2.05, 4.69) is 36.4 Å². The molecule has 0 N–H and O–H groups in total. The predicted octanol–water partition coefficient (Wildman–Crippen LogP) is 4.98. The molecule has 0 nitrogen and oxygen atoms in total. The Hall–Kier alpha value is -1.30. The van der Waals surface area contributed by atoms with Gasteiger partial charge in [-0.15, -0.1) is 0 Å². The molecular formula is C18H20. The Morgan fingerprint density at radius 3 is 2.50 bits per heavy atom. The SMILES string of the molecule is C1=C(c2ccccc2)C[C@@H]2C[C@H]1C1=C2CCCC1. The van der Waals surface area contributed by atoms with Gasteiger partial charge in [-0.3, -0.25) is 0 Å². The molecule has 1 aromatic rings. The van der Waals surface area contributed by atoms with E-state index < -0.39 is 0 Å². The third-order valence-electron chi connectivity index (χ3n) is 5.05. The topological polar surface area (TPSA) is 0 Å². The molecule has 0 amide bonds. The van der Waals surface area contributed by atoms with Crippen molar-refractivity contribution in [2.24, 2.45) is 11.8 Å². The highest BCUT2D eigenvalue weighted by Crippen LogP contribution is 2.51. The molecule has 0 spiro atoms. The Balaban J connectivity index is 1.69. The lowest BCUT2D eigenvalue weighted by Crippen LogP contribution is -2.07. The number of allylic oxidation sites excluding steroid dienone is 4. The Bertz CT molecular complexity index is 518. The van der Waals surface area contributed by atoms with E-state index in [-0.39, 0.29) is 0 Å². The summed E-state index contributed by atoms with van der Waals surface area (Å²) in [7, 11) is 0. The van der Waals surface area contributed by atoms with Crippen molar-refractivity contribution in [3.8, 4) is 0 Å². The van der Waals surface area contributed by atoms with Crippen LogP contribution in [0.5, 0.6) is 0 Å². The molecule has 0 radical (unpaired) electrons. The molecule has 0 fully saturated rings. The van der Waals surface area contributed by atoms with Crippen LogP contribution in [-0.4, -0.2) is 0 Å². The predicted molar refractivity (Wildman–Crippen MR) is 76.1 cm³/mol. The Kier molecular flexibility index (Phi) is 2.43. The fourth-order valence-electron chi connectivity index (χ4n) is 4.25. The molecule has 0 heteroatoms. The second kappa shape index (κ2) is 4.12. The molecule has 92 valence electrons. The molecule has 3 aliphatic carbocycles. The van der Waals surface area contributed by atoms with Crippen LogP contribution in [0.15, 0.2) is 47.6 Å². The van der Waals surface area contributed by atoms with Crippen LogP contribution in [-0.2, 0) is 0 Å². The minimum atomic E-state index is 0.786. The van der Waals surface area contributed by atoms with Gasteiger partial charge in [-0.1, -0.05) is 47.6 Å². The molecule has 2 bridgehead atoms. The fraction of sp³-hybridized carbons (Fsp3) is 0.444. The van der Waals surface area contributed by atoms with Crippen molar-refractivity contribution in [3.63, 3.8) is 0 Å². The van der Waals surface area contributed by atoms with Crippen molar-refractivity contribution in [3.05, 3.63) is 53.1 Å². The van der Waals surface area contributed by atoms with Gasteiger partial charge in [0.2, 0.25) is 0 Å². The average Bonchev–Trinajstić information content (AvgIpc) is 2.72. The van der Waals surface area contributed by atoms with Crippen molar-refractivity contribution in [2.75, 3.05) is 0 Å². The number of hydrogen-bond donors (Lipinski definition) is 0. The van der Waals surface area contributed by atoms with Gasteiger partial charge in [0.25, 0.3) is 0 Å². The summed E-state index contributed by atoms with van der Waals surface area (Å²) < 4.78 is 0. The van der Waals surface area contributed by atoms with E-state index in [0.717, 1.165) is 11.8 Å². The standard InChI is InChI=1S/C18H20/c1-2-6-13(7-3-1)14-10-15-12-16(11-14)18-9-5-4-8-17(15)18/h1-3,6-7,10,15-16H,4-5,8-9,11-12H2/t15-,16+/m0/s1. The van der Waals surface area contributed by atoms with Crippen LogP contribution in [0.1, 0.15) is 44.1 Å². The summed E-state index contributed by atoms with van der Waals surface area (Å²) in [6, 6.07) is 11.0. The van der Waals surface area contributed by atoms with Gasteiger partial charge < -0.3 is 0 Å². The number of hydrogen-bond acceptors (Lipinski definition) is 0. The third-order valence-corrected chi connectivity index (χ3v) is 5.05. The third kappa shape index (κ3) is 1.59. The minimum Gasteiger partial charge on any atom is -0.0735 e. The number of fused-ring (bicyclic) bond motifs is 4. The highest BCUT2D eigenvalue weighted by Gasteiger charge is 2.36. The zero-order valence-electron chi connectivity index (χ0n) is 10.9. The van der Waals surface area contributed by atoms with Crippen LogP contribution in [0.25, 0.3) is 5.57 Å². The first-order chi connectivity index (χ1) is 8.92. The quantitative estimate of drug-likeness (QED) is 0.603. The average molecular weight is 236 g/mol. The molecule has 0 aliphatic heterocycles. The van der Waals surface area contributed by atoms with Crippen LogP contribution in [0.3, 0.4) is 0 Å². The molecule has 0 heterocycles. The van der Waals surface area contributed by atoms with Crippen LogP contribution in [0, 0.1) is 11.8 Å². The van der Waals surface area contributed by atoms with Gasteiger partial charge in [0.15, 0.2) is 0 Å². The molecule has 0 unspecified atom stereocenters. The second-order valence-electron chi connectivity index (χ2n) is 6.06. The van der Waals surface area contributed by atoms with Crippen molar-refractivity contribution in [1.29, 1.82) is 0 Å². The summed E-state index contributed by atoms with van der Waals surface area (Å²) in [5.41, 5.74) is 6.74. The molecule has 3 aliphatic rings. The van der Waals surface area contributed by atoms with Crippen molar-refractivity contribution in [1.82, 2.24) is 0 Å². The zero-order valence-corrected chi connectivity index (χ0v) is 10.9. The Labute approximate surface area is 109 Å². The van der Waals surface area contributed by atoms with Crippen molar-refractivity contribution < 1.29 is 0 Å². The van der Waals surface area contributed by atoms with E-state index in [1.54, 1.807) is 5.57 Å². The lowest BCUT2D eigenvalue weighted by atomic mass is 9.83. The summed E-state index contributed by atoms with van der Waals surface area (Å²) >= 11 is 0. The highest BCUT2D eigenvalue weighted by atomic mass is 14.4. The highest BCUT2D eigenvalue weighted by molar-refractivity contribution is 5.69. The van der Waals surface area contributed by atoms with E-state index in [0.29, 0.717) is 0 Å². The van der Waals surface area contributed by atoms with Crippen LogP contribution in [0.2, 0.25) is 0 Å². The van der Waals surface area contributed by atoms with E-state index in [4.69, 9.17) is 0 Å². The maximum absolute atomic E-state index is 2.58. The van der Waals surface area contributed by atoms with Gasteiger partial charge in [0, 0.05) is 0 Å². The molecule has 0 aromatic heterocycles. The largest absolute Gasteiger partial charge is 0.0735 e. The molecule has 2 atom stereocenters. The van der Waals surface area contributed by atoms with E-state index in [9.17, 15) is 0 Å². The molecule has 18 heavy (non-hydrogen) atoms. The van der Waals surface area contributed by atoms with Gasteiger partial charge in [0.05, 0.1) is 0 Å². The normalized spacial score (nSPS) is 30.1. The Morgan fingerprint density at radius 2 is 1.67 bits per heavy atom. The van der Waals surface area contributed by atoms with E-state index >= 15 is 0 Å². The summed E-state index contributed by atoms with van der Waals surface area (Å²) in [5.74, 6) is 1.67. The number of benzene rings is 1. The summed E-state index contributed by atoms with van der Waals surface area (Å²) in [4.78, 5) is 0. The van der Waals surface area contributed by atoms with Gasteiger partial charge in [0.1, 0.15) is 0 Å². The summed E-state index contributed by atoms with van der Waals surface area (Å²) in [5, 5.41) is 0. The van der Waals surface area contributed by atoms with Crippen molar-refractivity contribution >= 4 is 5.57 Å². The van der Waals surface area contributed by atoms with Crippen LogP contribution in [0.4, 0.5) is 0 Å². The van der Waals surface area contributed by atoms with Crippen LogP contribution < -0.4 is 0 Å². The zero-order chi connectivity index (χ0) is 11.9.